The lowest BCUT2D eigenvalue weighted by Gasteiger charge is -2.11. The molecule has 3 aromatic heterocycles. The van der Waals surface area contributed by atoms with E-state index in [2.05, 4.69) is 191 Å². The van der Waals surface area contributed by atoms with Crippen LogP contribution < -0.4 is 0 Å². The zero-order valence-corrected chi connectivity index (χ0v) is 29.2. The van der Waals surface area contributed by atoms with Crippen LogP contribution in [-0.4, -0.2) is 14.1 Å². The number of hydrogen-bond acceptors (Lipinski definition) is 1. The van der Waals surface area contributed by atoms with Gasteiger partial charge in [0, 0.05) is 61.0 Å². The number of hydrogen-bond donors (Lipinski definition) is 0. The van der Waals surface area contributed by atoms with Gasteiger partial charge in [0.25, 0.3) is 0 Å². The van der Waals surface area contributed by atoms with E-state index in [4.69, 9.17) is 4.98 Å². The van der Waals surface area contributed by atoms with Gasteiger partial charge in [0.15, 0.2) is 0 Å². The van der Waals surface area contributed by atoms with Crippen molar-refractivity contribution in [2.45, 2.75) is 0 Å². The molecule has 3 heterocycles. The average Bonchev–Trinajstić information content (AvgIpc) is 3.88. The third-order valence-corrected chi connectivity index (χ3v) is 11.5. The maximum absolute atomic E-state index is 5.15. The molecule has 0 radical (unpaired) electrons. The number of pyridine rings is 1. The Balaban J connectivity index is 1.07. The summed E-state index contributed by atoms with van der Waals surface area (Å²) in [5, 5.41) is 7.43. The smallest absolute Gasteiger partial charge is 0.0788 e. The molecule has 0 N–H and O–H groups in total. The summed E-state index contributed by atoms with van der Waals surface area (Å²) in [6, 6.07) is 66.2. The van der Waals surface area contributed by atoms with Crippen LogP contribution in [0.4, 0.5) is 0 Å². The molecule has 8 aromatic carbocycles. The highest BCUT2D eigenvalue weighted by Crippen LogP contribution is 2.50. The third-order valence-electron chi connectivity index (χ3n) is 11.5. The summed E-state index contributed by atoms with van der Waals surface area (Å²) in [5.41, 5.74) is 16.7. The van der Waals surface area contributed by atoms with E-state index in [0.717, 1.165) is 16.9 Å². The number of benzene rings is 8. The fourth-order valence-corrected chi connectivity index (χ4v) is 9.13. The van der Waals surface area contributed by atoms with Crippen LogP contribution >= 0.6 is 0 Å². The van der Waals surface area contributed by atoms with Gasteiger partial charge in [-0.25, -0.2) is 0 Å². The predicted octanol–water partition coefficient (Wildman–Crippen LogP) is 13.4. The SMILES string of the molecule is c1ccc(-n2c3ccccc3c3cc(-c4ccc5c(c4)c4ccc(-c6ncc7cccc8c7c6-c6ccccc6-8)cc4n5-c4ccccc4)ccc32)cc1. The van der Waals surface area contributed by atoms with Crippen molar-refractivity contribution in [1.29, 1.82) is 0 Å². The standard InChI is InChI=1S/C51H31N3/c1-3-13-36(14-4-1)53-45-21-10-9-18-39(45)43-28-32(23-26-46(43)53)33-24-27-47-44(29-33)40-25-22-34(30-48(40)54(47)37-15-5-2-6-16-37)51-50-42-19-8-7-17-38(42)41-20-11-12-35(31-52-51)49(41)50/h1-31H. The van der Waals surface area contributed by atoms with Crippen molar-refractivity contribution in [2.75, 3.05) is 0 Å². The molecule has 3 heteroatoms. The van der Waals surface area contributed by atoms with Gasteiger partial charge in [-0.15, -0.1) is 0 Å². The maximum Gasteiger partial charge on any atom is 0.0788 e. The highest BCUT2D eigenvalue weighted by Gasteiger charge is 2.26. The van der Waals surface area contributed by atoms with Crippen molar-refractivity contribution < 1.29 is 0 Å². The lowest BCUT2D eigenvalue weighted by molar-refractivity contribution is 1.18. The number of fused-ring (bicyclic) bond motifs is 9. The first-order valence-corrected chi connectivity index (χ1v) is 18.5. The molecule has 0 unspecified atom stereocenters. The molecule has 1 aliphatic carbocycles. The number of para-hydroxylation sites is 3. The van der Waals surface area contributed by atoms with Crippen LogP contribution in [0.25, 0.3) is 110 Å². The quantitative estimate of drug-likeness (QED) is 0.181. The number of aromatic nitrogens is 3. The zero-order valence-electron chi connectivity index (χ0n) is 29.2. The van der Waals surface area contributed by atoms with E-state index in [9.17, 15) is 0 Å². The fourth-order valence-electron chi connectivity index (χ4n) is 9.13. The normalized spacial score (nSPS) is 12.1. The van der Waals surface area contributed by atoms with Gasteiger partial charge in [-0.2, -0.15) is 0 Å². The minimum Gasteiger partial charge on any atom is -0.309 e. The molecule has 1 aliphatic rings. The first-order valence-electron chi connectivity index (χ1n) is 18.5. The minimum atomic E-state index is 1.02. The monoisotopic (exact) mass is 685 g/mol. The lowest BCUT2D eigenvalue weighted by atomic mass is 9.97. The largest absolute Gasteiger partial charge is 0.309 e. The van der Waals surface area contributed by atoms with E-state index in [1.807, 2.05) is 6.20 Å². The Morgan fingerprint density at radius 1 is 0.352 bits per heavy atom. The summed E-state index contributed by atoms with van der Waals surface area (Å²) < 4.78 is 4.79. The maximum atomic E-state index is 5.15. The molecular weight excluding hydrogens is 655 g/mol. The fraction of sp³-hybridized carbons (Fsp3) is 0. The van der Waals surface area contributed by atoms with Crippen LogP contribution in [0, 0.1) is 0 Å². The Bertz CT molecular complexity index is 3310. The van der Waals surface area contributed by atoms with E-state index in [1.54, 1.807) is 0 Å². The highest BCUT2D eigenvalue weighted by atomic mass is 15.0. The summed E-state index contributed by atoms with van der Waals surface area (Å²) in [7, 11) is 0. The summed E-state index contributed by atoms with van der Waals surface area (Å²) >= 11 is 0. The molecule has 12 rings (SSSR count). The van der Waals surface area contributed by atoms with Gasteiger partial charge < -0.3 is 9.13 Å². The van der Waals surface area contributed by atoms with Crippen molar-refractivity contribution in [3.63, 3.8) is 0 Å². The molecule has 0 fully saturated rings. The van der Waals surface area contributed by atoms with Gasteiger partial charge in [-0.1, -0.05) is 121 Å². The second-order valence-corrected chi connectivity index (χ2v) is 14.4. The van der Waals surface area contributed by atoms with Crippen molar-refractivity contribution in [3.05, 3.63) is 188 Å². The number of rotatable bonds is 4. The average molecular weight is 686 g/mol. The lowest BCUT2D eigenvalue weighted by Crippen LogP contribution is -1.94. The highest BCUT2D eigenvalue weighted by molar-refractivity contribution is 6.19. The molecule has 250 valence electrons. The molecule has 0 amide bonds. The second kappa shape index (κ2) is 11.1. The number of nitrogens with zero attached hydrogens (tertiary/aromatic N) is 3. The molecule has 0 bridgehead atoms. The van der Waals surface area contributed by atoms with Crippen LogP contribution in [0.5, 0.6) is 0 Å². The van der Waals surface area contributed by atoms with Crippen LogP contribution in [0.2, 0.25) is 0 Å². The van der Waals surface area contributed by atoms with E-state index in [-0.39, 0.29) is 0 Å². The summed E-state index contributed by atoms with van der Waals surface area (Å²) in [6.45, 7) is 0. The first-order chi connectivity index (χ1) is 26.8. The van der Waals surface area contributed by atoms with E-state index in [0.29, 0.717) is 0 Å². The van der Waals surface area contributed by atoms with Crippen LogP contribution in [0.15, 0.2) is 188 Å². The van der Waals surface area contributed by atoms with Crippen molar-refractivity contribution in [1.82, 2.24) is 14.1 Å². The molecule has 11 aromatic rings. The first kappa shape index (κ1) is 29.4. The van der Waals surface area contributed by atoms with Gasteiger partial charge in [0.05, 0.1) is 27.8 Å². The predicted molar refractivity (Wildman–Crippen MR) is 226 cm³/mol. The molecule has 54 heavy (non-hydrogen) atoms. The van der Waals surface area contributed by atoms with Crippen molar-refractivity contribution in [2.24, 2.45) is 0 Å². The Morgan fingerprint density at radius 2 is 0.907 bits per heavy atom. The van der Waals surface area contributed by atoms with E-state index < -0.39 is 0 Å². The Labute approximate surface area is 311 Å². The Morgan fingerprint density at radius 3 is 1.63 bits per heavy atom. The summed E-state index contributed by atoms with van der Waals surface area (Å²) in [5.74, 6) is 0. The van der Waals surface area contributed by atoms with Gasteiger partial charge in [0.2, 0.25) is 0 Å². The minimum absolute atomic E-state index is 1.02. The van der Waals surface area contributed by atoms with Crippen molar-refractivity contribution >= 4 is 54.4 Å². The molecular formula is C51H31N3. The van der Waals surface area contributed by atoms with Gasteiger partial charge in [-0.3, -0.25) is 4.98 Å². The van der Waals surface area contributed by atoms with E-state index in [1.165, 1.54) is 93.5 Å². The molecule has 0 aliphatic heterocycles. The van der Waals surface area contributed by atoms with E-state index >= 15 is 0 Å². The molecule has 0 saturated heterocycles. The van der Waals surface area contributed by atoms with Crippen LogP contribution in [-0.2, 0) is 0 Å². The molecule has 0 spiro atoms. The van der Waals surface area contributed by atoms with Crippen molar-refractivity contribution in [3.8, 4) is 56.0 Å². The summed E-state index contributed by atoms with van der Waals surface area (Å²) in [6.07, 6.45) is 2.04. The van der Waals surface area contributed by atoms with Gasteiger partial charge >= 0.3 is 0 Å². The third kappa shape index (κ3) is 4.09. The molecule has 0 atom stereocenters. The van der Waals surface area contributed by atoms with Gasteiger partial charge in [-0.05, 0) is 88.5 Å². The Hall–Kier alpha value is -7.23. The molecule has 3 nitrogen and oxygen atoms in total. The topological polar surface area (TPSA) is 22.8 Å². The van der Waals surface area contributed by atoms with Crippen LogP contribution in [0.1, 0.15) is 0 Å². The zero-order chi connectivity index (χ0) is 35.3. The van der Waals surface area contributed by atoms with Crippen LogP contribution in [0.3, 0.4) is 0 Å². The molecule has 0 saturated carbocycles. The Kier molecular flexibility index (Phi) is 6.05. The second-order valence-electron chi connectivity index (χ2n) is 14.4. The van der Waals surface area contributed by atoms with Gasteiger partial charge in [0.1, 0.15) is 0 Å². The summed E-state index contributed by atoms with van der Waals surface area (Å²) in [4.78, 5) is 5.15.